The molecule has 1 unspecified atom stereocenters. The van der Waals surface area contributed by atoms with Crippen molar-refractivity contribution in [3.05, 3.63) is 77.5 Å². The molecule has 174 valence electrons. The number of anilines is 1. The highest BCUT2D eigenvalue weighted by atomic mass is 16.2. The highest BCUT2D eigenvalue weighted by Gasteiger charge is 2.26. The van der Waals surface area contributed by atoms with Crippen molar-refractivity contribution in [2.75, 3.05) is 5.32 Å². The minimum Gasteiger partial charge on any atom is -0.344 e. The fourth-order valence-corrected chi connectivity index (χ4v) is 3.43. The van der Waals surface area contributed by atoms with E-state index < -0.39 is 6.04 Å². The van der Waals surface area contributed by atoms with Crippen LogP contribution in [0.2, 0.25) is 0 Å². The second-order valence-electron chi connectivity index (χ2n) is 9.76. The molecule has 0 aliphatic heterocycles. The van der Waals surface area contributed by atoms with Gasteiger partial charge in [-0.3, -0.25) is 9.59 Å². The van der Waals surface area contributed by atoms with Gasteiger partial charge >= 0.3 is 0 Å². The van der Waals surface area contributed by atoms with E-state index in [0.29, 0.717) is 12.2 Å². The Kier molecular flexibility index (Phi) is 7.36. The maximum Gasteiger partial charge on any atom is 0.248 e. The number of carbonyl (C=O) groups excluding carboxylic acids is 2. The molecular weight excluding hydrogens is 412 g/mol. The van der Waals surface area contributed by atoms with Gasteiger partial charge in [-0.2, -0.15) is 5.10 Å². The zero-order chi connectivity index (χ0) is 24.2. The summed E-state index contributed by atoms with van der Waals surface area (Å²) in [5.74, 6) is -0.0749. The lowest BCUT2D eigenvalue weighted by atomic mass is 9.92. The van der Waals surface area contributed by atoms with E-state index in [-0.39, 0.29) is 23.1 Å². The van der Waals surface area contributed by atoms with Crippen LogP contribution in [0.3, 0.4) is 0 Å². The van der Waals surface area contributed by atoms with Crippen LogP contribution in [0.15, 0.2) is 60.7 Å². The lowest BCUT2D eigenvalue weighted by Gasteiger charge is -2.20. The van der Waals surface area contributed by atoms with Crippen LogP contribution in [0.25, 0.3) is 5.69 Å². The Hall–Kier alpha value is -3.41. The lowest BCUT2D eigenvalue weighted by Crippen LogP contribution is -2.46. The number of aryl methyl sites for hydroxylation is 1. The quantitative estimate of drug-likeness (QED) is 0.547. The Bertz CT molecular complexity index is 1110. The van der Waals surface area contributed by atoms with Crippen molar-refractivity contribution >= 4 is 17.6 Å². The van der Waals surface area contributed by atoms with Gasteiger partial charge in [0.05, 0.1) is 11.4 Å². The number of amides is 2. The normalized spacial score (nSPS) is 12.5. The molecule has 0 radical (unpaired) electrons. The van der Waals surface area contributed by atoms with Gasteiger partial charge < -0.3 is 10.6 Å². The van der Waals surface area contributed by atoms with E-state index in [1.807, 2.05) is 81.4 Å². The third-order valence-electron chi connectivity index (χ3n) is 5.51. The summed E-state index contributed by atoms with van der Waals surface area (Å²) < 4.78 is 1.78. The Morgan fingerprint density at radius 1 is 0.970 bits per heavy atom. The second-order valence-corrected chi connectivity index (χ2v) is 9.76. The van der Waals surface area contributed by atoms with Gasteiger partial charge in [-0.05, 0) is 24.1 Å². The molecule has 0 fully saturated rings. The lowest BCUT2D eigenvalue weighted by molar-refractivity contribution is -0.128. The number of benzene rings is 2. The molecule has 6 heteroatoms. The molecular formula is C27H34N4O2. The fourth-order valence-electron chi connectivity index (χ4n) is 3.43. The average Bonchev–Trinajstić information content (AvgIpc) is 3.18. The van der Waals surface area contributed by atoms with E-state index in [0.717, 1.165) is 22.5 Å². The van der Waals surface area contributed by atoms with E-state index in [4.69, 9.17) is 5.10 Å². The van der Waals surface area contributed by atoms with Crippen LogP contribution in [0.1, 0.15) is 51.4 Å². The molecule has 33 heavy (non-hydrogen) atoms. The van der Waals surface area contributed by atoms with Crippen molar-refractivity contribution < 1.29 is 9.59 Å². The number of nitrogens with one attached hydrogen (secondary N) is 2. The highest BCUT2D eigenvalue weighted by Crippen LogP contribution is 2.27. The summed E-state index contributed by atoms with van der Waals surface area (Å²) in [6.07, 6.45) is 0.399. The van der Waals surface area contributed by atoms with Gasteiger partial charge in [-0.25, -0.2) is 4.68 Å². The summed E-state index contributed by atoms with van der Waals surface area (Å²) in [6.45, 7) is 11.9. The molecule has 0 saturated carbocycles. The summed E-state index contributed by atoms with van der Waals surface area (Å²) in [7, 11) is 0. The molecule has 1 aromatic heterocycles. The standard InChI is InChI=1S/C27H34N4O2/c1-18(2)25(32)28-21(16-20-13-8-7-9-14-20)26(33)29-24-17-23(27(4,5)6)30-31(24)22-15-11-10-12-19(22)3/h7-15,17-18,21H,16H2,1-6H3,(H,28,32)(H,29,33). The molecule has 2 aromatic carbocycles. The number of hydrogen-bond donors (Lipinski definition) is 2. The molecule has 6 nitrogen and oxygen atoms in total. The zero-order valence-corrected chi connectivity index (χ0v) is 20.3. The molecule has 0 aliphatic rings. The SMILES string of the molecule is Cc1ccccc1-n1nc(C(C)(C)C)cc1NC(=O)C(Cc1ccccc1)NC(=O)C(C)C. The largest absolute Gasteiger partial charge is 0.344 e. The van der Waals surface area contributed by atoms with Crippen LogP contribution in [-0.2, 0) is 21.4 Å². The van der Waals surface area contributed by atoms with Gasteiger partial charge in [-0.15, -0.1) is 0 Å². The molecule has 2 N–H and O–H groups in total. The van der Waals surface area contributed by atoms with Crippen molar-refractivity contribution in [2.45, 2.75) is 59.4 Å². The average molecular weight is 447 g/mol. The Balaban J connectivity index is 1.96. The predicted molar refractivity (Wildman–Crippen MR) is 133 cm³/mol. The van der Waals surface area contributed by atoms with E-state index in [2.05, 4.69) is 31.4 Å². The monoisotopic (exact) mass is 446 g/mol. The van der Waals surface area contributed by atoms with E-state index >= 15 is 0 Å². The Morgan fingerprint density at radius 2 is 1.61 bits per heavy atom. The van der Waals surface area contributed by atoms with E-state index in [1.165, 1.54) is 0 Å². The third-order valence-corrected chi connectivity index (χ3v) is 5.51. The fraction of sp³-hybridized carbons (Fsp3) is 0.370. The number of aromatic nitrogens is 2. The molecule has 1 heterocycles. The van der Waals surface area contributed by atoms with E-state index in [9.17, 15) is 9.59 Å². The number of hydrogen-bond acceptors (Lipinski definition) is 3. The maximum absolute atomic E-state index is 13.4. The minimum absolute atomic E-state index is 0.158. The van der Waals surface area contributed by atoms with Gasteiger partial charge in [0.1, 0.15) is 11.9 Å². The number of carbonyl (C=O) groups is 2. The van der Waals surface area contributed by atoms with Gasteiger partial charge in [0.15, 0.2) is 0 Å². The summed E-state index contributed by atoms with van der Waals surface area (Å²) >= 11 is 0. The molecule has 3 aromatic rings. The van der Waals surface area contributed by atoms with Gasteiger partial charge in [-0.1, -0.05) is 83.1 Å². The number of nitrogens with zero attached hydrogens (tertiary/aromatic N) is 2. The maximum atomic E-state index is 13.4. The van der Waals surface area contributed by atoms with Crippen molar-refractivity contribution in [3.63, 3.8) is 0 Å². The summed E-state index contributed by atoms with van der Waals surface area (Å²) in [5.41, 5.74) is 3.60. The van der Waals surface area contributed by atoms with E-state index in [1.54, 1.807) is 4.68 Å². The van der Waals surface area contributed by atoms with Crippen LogP contribution in [0.4, 0.5) is 5.82 Å². The van der Waals surface area contributed by atoms with Crippen molar-refractivity contribution in [1.82, 2.24) is 15.1 Å². The summed E-state index contributed by atoms with van der Waals surface area (Å²) in [5, 5.41) is 10.8. The smallest absolute Gasteiger partial charge is 0.248 e. The first-order valence-corrected chi connectivity index (χ1v) is 11.4. The van der Waals surface area contributed by atoms with Crippen molar-refractivity contribution in [3.8, 4) is 5.69 Å². The first-order valence-electron chi connectivity index (χ1n) is 11.4. The Morgan fingerprint density at radius 3 is 2.21 bits per heavy atom. The molecule has 0 saturated heterocycles. The van der Waals surface area contributed by atoms with Gasteiger partial charge in [0.25, 0.3) is 0 Å². The molecule has 0 aliphatic carbocycles. The summed E-state index contributed by atoms with van der Waals surface area (Å²) in [4.78, 5) is 25.9. The summed E-state index contributed by atoms with van der Waals surface area (Å²) in [6, 6.07) is 18.8. The number of para-hydroxylation sites is 1. The first kappa shape index (κ1) is 24.2. The van der Waals surface area contributed by atoms with Crippen LogP contribution >= 0.6 is 0 Å². The molecule has 3 rings (SSSR count). The molecule has 1 atom stereocenters. The van der Waals surface area contributed by atoms with Crippen molar-refractivity contribution in [2.24, 2.45) is 5.92 Å². The van der Waals surface area contributed by atoms with Gasteiger partial charge in [0, 0.05) is 23.8 Å². The van der Waals surface area contributed by atoms with Crippen LogP contribution in [0, 0.1) is 12.8 Å². The molecule has 0 spiro atoms. The van der Waals surface area contributed by atoms with Crippen molar-refractivity contribution in [1.29, 1.82) is 0 Å². The number of rotatable bonds is 7. The van der Waals surface area contributed by atoms with Crippen LogP contribution in [0.5, 0.6) is 0 Å². The minimum atomic E-state index is -0.708. The molecule has 2 amide bonds. The Labute approximate surface area is 196 Å². The first-order chi connectivity index (χ1) is 15.6. The topological polar surface area (TPSA) is 76.0 Å². The third kappa shape index (κ3) is 6.09. The van der Waals surface area contributed by atoms with Crippen LogP contribution < -0.4 is 10.6 Å². The second kappa shape index (κ2) is 10.0. The van der Waals surface area contributed by atoms with Crippen LogP contribution in [-0.4, -0.2) is 27.6 Å². The molecule has 0 bridgehead atoms. The highest BCUT2D eigenvalue weighted by molar-refractivity contribution is 5.97. The predicted octanol–water partition coefficient (Wildman–Crippen LogP) is 4.80. The van der Waals surface area contributed by atoms with Gasteiger partial charge in [0.2, 0.25) is 11.8 Å². The zero-order valence-electron chi connectivity index (χ0n) is 20.3.